The molecule has 0 heterocycles. The van der Waals surface area contributed by atoms with Crippen LogP contribution in [0, 0.1) is 0 Å². The summed E-state index contributed by atoms with van der Waals surface area (Å²) in [6.45, 7) is 13.0. The van der Waals surface area contributed by atoms with Gasteiger partial charge in [-0.2, -0.15) is 0 Å². The molecule has 8 nitrogen and oxygen atoms in total. The molecule has 0 radical (unpaired) electrons. The molecule has 26 heavy (non-hydrogen) atoms. The molecule has 0 aliphatic rings. The maximum Gasteiger partial charge on any atom is 0.336 e. The number of ether oxygens (including phenoxy) is 4. The average Bonchev–Trinajstić information content (AvgIpc) is 2.58. The van der Waals surface area contributed by atoms with Crippen molar-refractivity contribution in [3.8, 4) is 0 Å². The predicted octanol–water partition coefficient (Wildman–Crippen LogP) is 2.34. The zero-order chi connectivity index (χ0) is 20.3. The van der Waals surface area contributed by atoms with Gasteiger partial charge in [-0.15, -0.1) is 0 Å². The summed E-state index contributed by atoms with van der Waals surface area (Å²) in [5.74, 6) is -3.21. The van der Waals surface area contributed by atoms with Gasteiger partial charge in [-0.1, -0.05) is 27.0 Å². The minimum Gasteiger partial charge on any atom is -0.422 e. The highest BCUT2D eigenvalue weighted by molar-refractivity contribution is 5.92. The molecule has 0 saturated carbocycles. The first-order valence-electron chi connectivity index (χ1n) is 7.92. The quantitative estimate of drug-likeness (QED) is 0.329. The van der Waals surface area contributed by atoms with Crippen LogP contribution in [0.25, 0.3) is 0 Å². The maximum atomic E-state index is 11.7. The highest BCUT2D eigenvalue weighted by Gasteiger charge is 2.18. The monoisotopic (exact) mass is 368 g/mol. The number of hydrogen-bond donors (Lipinski definition) is 0. The molecule has 0 amide bonds. The van der Waals surface area contributed by atoms with Gasteiger partial charge in [0.15, 0.2) is 0 Å². The minimum absolute atomic E-state index is 0.161. The van der Waals surface area contributed by atoms with Crippen LogP contribution in [-0.4, -0.2) is 36.5 Å². The summed E-state index contributed by atoms with van der Waals surface area (Å²) in [5, 5.41) is 0. The Hall–Kier alpha value is -2.90. The normalized spacial score (nSPS) is 12.6. The van der Waals surface area contributed by atoms with Crippen LogP contribution in [0.2, 0.25) is 0 Å². The third-order valence-corrected chi connectivity index (χ3v) is 2.69. The Labute approximate surface area is 152 Å². The first kappa shape index (κ1) is 23.1. The molecular weight excluding hydrogens is 344 g/mol. The highest BCUT2D eigenvalue weighted by atomic mass is 16.7. The molecule has 0 spiro atoms. The predicted molar refractivity (Wildman–Crippen MR) is 91.3 cm³/mol. The van der Waals surface area contributed by atoms with Crippen molar-refractivity contribution in [1.29, 1.82) is 0 Å². The molecule has 0 aromatic heterocycles. The van der Waals surface area contributed by atoms with Crippen LogP contribution < -0.4 is 0 Å². The zero-order valence-corrected chi connectivity index (χ0v) is 15.4. The van der Waals surface area contributed by atoms with Crippen molar-refractivity contribution in [2.45, 2.75) is 53.1 Å². The molecule has 0 aromatic carbocycles. The molecule has 0 fully saturated rings. The SMILES string of the molecule is C=C(C)C(=O)OC(CC)OC(=O)C=CC(=O)OC(CC)OC(=O)C(=C)C. The number of carbonyl (C=O) groups excluding carboxylic acids is 4. The van der Waals surface area contributed by atoms with E-state index >= 15 is 0 Å². The summed E-state index contributed by atoms with van der Waals surface area (Å²) in [6, 6.07) is 0. The van der Waals surface area contributed by atoms with Gasteiger partial charge in [-0.25, -0.2) is 19.2 Å². The summed E-state index contributed by atoms with van der Waals surface area (Å²) >= 11 is 0. The molecule has 0 bridgehead atoms. The summed E-state index contributed by atoms with van der Waals surface area (Å²) in [6.07, 6.45) is -0.144. The van der Waals surface area contributed by atoms with Crippen molar-refractivity contribution in [3.05, 3.63) is 36.5 Å². The summed E-state index contributed by atoms with van der Waals surface area (Å²) in [5.41, 5.74) is 0.321. The van der Waals surface area contributed by atoms with Crippen LogP contribution in [-0.2, 0) is 38.1 Å². The van der Waals surface area contributed by atoms with E-state index in [-0.39, 0.29) is 24.0 Å². The lowest BCUT2D eigenvalue weighted by Gasteiger charge is -2.16. The van der Waals surface area contributed by atoms with E-state index in [0.717, 1.165) is 12.2 Å². The van der Waals surface area contributed by atoms with Gasteiger partial charge in [0.05, 0.1) is 0 Å². The van der Waals surface area contributed by atoms with E-state index < -0.39 is 36.5 Å². The number of carbonyl (C=O) groups is 4. The van der Waals surface area contributed by atoms with Gasteiger partial charge >= 0.3 is 23.9 Å². The molecule has 144 valence electrons. The largest absolute Gasteiger partial charge is 0.422 e. The standard InChI is InChI=1S/C18H24O8/c1-7-15(25-17(21)11(3)4)23-13(19)9-10-14(20)24-16(8-2)26-18(22)12(5)6/h9-10,15-16H,3,5,7-8H2,1-2,4,6H3. The maximum absolute atomic E-state index is 11.7. The van der Waals surface area contributed by atoms with Gasteiger partial charge in [0, 0.05) is 36.1 Å². The Morgan fingerprint density at radius 1 is 0.731 bits per heavy atom. The Bertz CT molecular complexity index is 550. The molecule has 0 N–H and O–H groups in total. The van der Waals surface area contributed by atoms with Gasteiger partial charge in [-0.05, 0) is 13.8 Å². The lowest BCUT2D eigenvalue weighted by Crippen LogP contribution is -2.24. The van der Waals surface area contributed by atoms with E-state index in [1.165, 1.54) is 13.8 Å². The minimum atomic E-state index is -1.10. The second-order valence-electron chi connectivity index (χ2n) is 5.25. The van der Waals surface area contributed by atoms with Crippen molar-refractivity contribution in [2.75, 3.05) is 0 Å². The van der Waals surface area contributed by atoms with Crippen molar-refractivity contribution in [1.82, 2.24) is 0 Å². The summed E-state index contributed by atoms with van der Waals surface area (Å²) in [7, 11) is 0. The van der Waals surface area contributed by atoms with Gasteiger partial charge in [0.1, 0.15) is 0 Å². The second-order valence-corrected chi connectivity index (χ2v) is 5.25. The van der Waals surface area contributed by atoms with E-state index in [1.807, 2.05) is 0 Å². The van der Waals surface area contributed by atoms with Crippen LogP contribution >= 0.6 is 0 Å². The van der Waals surface area contributed by atoms with Gasteiger partial charge in [0.25, 0.3) is 0 Å². The Kier molecular flexibility index (Phi) is 10.3. The molecule has 2 atom stereocenters. The molecule has 0 aliphatic heterocycles. The van der Waals surface area contributed by atoms with E-state index in [4.69, 9.17) is 18.9 Å². The van der Waals surface area contributed by atoms with E-state index in [1.54, 1.807) is 13.8 Å². The zero-order valence-electron chi connectivity index (χ0n) is 15.4. The molecule has 0 aliphatic carbocycles. The van der Waals surface area contributed by atoms with E-state index in [0.29, 0.717) is 0 Å². The first-order valence-corrected chi connectivity index (χ1v) is 7.92. The smallest absolute Gasteiger partial charge is 0.336 e. The van der Waals surface area contributed by atoms with E-state index in [2.05, 4.69) is 13.2 Å². The fourth-order valence-corrected chi connectivity index (χ4v) is 1.30. The topological polar surface area (TPSA) is 105 Å². The van der Waals surface area contributed by atoms with Crippen molar-refractivity contribution in [3.63, 3.8) is 0 Å². The number of rotatable bonds is 10. The lowest BCUT2D eigenvalue weighted by atomic mass is 10.3. The molecule has 0 rings (SSSR count). The number of esters is 4. The van der Waals surface area contributed by atoms with E-state index in [9.17, 15) is 19.2 Å². The third kappa shape index (κ3) is 9.41. The fourth-order valence-electron chi connectivity index (χ4n) is 1.30. The molecule has 0 saturated heterocycles. The molecular formula is C18H24O8. The van der Waals surface area contributed by atoms with Crippen LogP contribution in [0.15, 0.2) is 36.5 Å². The van der Waals surface area contributed by atoms with Gasteiger partial charge in [0.2, 0.25) is 12.6 Å². The fraction of sp³-hybridized carbons (Fsp3) is 0.444. The second kappa shape index (κ2) is 11.6. The summed E-state index contributed by atoms with van der Waals surface area (Å²) < 4.78 is 19.5. The van der Waals surface area contributed by atoms with Gasteiger partial charge < -0.3 is 18.9 Å². The molecule has 2 unspecified atom stereocenters. The summed E-state index contributed by atoms with van der Waals surface area (Å²) in [4.78, 5) is 46.1. The number of hydrogen-bond acceptors (Lipinski definition) is 8. The molecule has 8 heteroatoms. The van der Waals surface area contributed by atoms with Crippen LogP contribution in [0.4, 0.5) is 0 Å². The van der Waals surface area contributed by atoms with Crippen molar-refractivity contribution in [2.24, 2.45) is 0 Å². The van der Waals surface area contributed by atoms with Crippen molar-refractivity contribution >= 4 is 23.9 Å². The molecule has 0 aromatic rings. The van der Waals surface area contributed by atoms with Crippen LogP contribution in [0.1, 0.15) is 40.5 Å². The van der Waals surface area contributed by atoms with Crippen LogP contribution in [0.3, 0.4) is 0 Å². The highest BCUT2D eigenvalue weighted by Crippen LogP contribution is 2.07. The first-order chi connectivity index (χ1) is 12.1. The lowest BCUT2D eigenvalue weighted by molar-refractivity contribution is -0.184. The average molecular weight is 368 g/mol. The van der Waals surface area contributed by atoms with Gasteiger partial charge in [-0.3, -0.25) is 0 Å². The third-order valence-electron chi connectivity index (χ3n) is 2.69. The van der Waals surface area contributed by atoms with Crippen molar-refractivity contribution < 1.29 is 38.1 Å². The Morgan fingerprint density at radius 3 is 1.27 bits per heavy atom. The Morgan fingerprint density at radius 2 is 1.04 bits per heavy atom. The van der Waals surface area contributed by atoms with Crippen LogP contribution in [0.5, 0.6) is 0 Å². The Balaban J connectivity index is 4.58.